The zero-order valence-electron chi connectivity index (χ0n) is 16.0. The summed E-state index contributed by atoms with van der Waals surface area (Å²) in [5.74, 6) is 0. The Balaban J connectivity index is 1.42. The van der Waals surface area contributed by atoms with Gasteiger partial charge >= 0.3 is 0 Å². The first-order valence-electron chi connectivity index (χ1n) is 10.0. The van der Waals surface area contributed by atoms with E-state index in [1.807, 2.05) is 36.4 Å². The molecule has 1 saturated heterocycles. The normalized spacial score (nSPS) is 18.4. The van der Waals surface area contributed by atoms with Crippen molar-refractivity contribution in [2.75, 3.05) is 26.2 Å². The predicted molar refractivity (Wildman–Crippen MR) is 107 cm³/mol. The van der Waals surface area contributed by atoms with E-state index in [1.165, 1.54) is 22.4 Å². The summed E-state index contributed by atoms with van der Waals surface area (Å²) >= 11 is 0. The van der Waals surface area contributed by atoms with Crippen LogP contribution < -0.4 is 4.90 Å². The topological polar surface area (TPSA) is 65.6 Å². The van der Waals surface area contributed by atoms with E-state index in [0.29, 0.717) is 23.5 Å². The van der Waals surface area contributed by atoms with Crippen molar-refractivity contribution in [1.82, 2.24) is 4.31 Å². The van der Waals surface area contributed by atoms with Gasteiger partial charge < -0.3 is 4.90 Å². The highest BCUT2D eigenvalue weighted by Crippen LogP contribution is 2.25. The van der Waals surface area contributed by atoms with Crippen LogP contribution in [0.4, 0.5) is 0 Å². The Bertz CT molecular complexity index is 1000. The van der Waals surface area contributed by atoms with Crippen LogP contribution in [-0.4, -0.2) is 38.9 Å². The predicted octanol–water partition coefficient (Wildman–Crippen LogP) is 1.53. The van der Waals surface area contributed by atoms with Gasteiger partial charge in [0.2, 0.25) is 10.0 Å². The van der Waals surface area contributed by atoms with E-state index in [4.69, 9.17) is 5.26 Å². The van der Waals surface area contributed by atoms with Gasteiger partial charge in [-0.25, -0.2) is 8.42 Å². The third kappa shape index (κ3) is 3.97. The van der Waals surface area contributed by atoms with Crippen molar-refractivity contribution >= 4 is 10.0 Å². The van der Waals surface area contributed by atoms with Crippen LogP contribution >= 0.6 is 0 Å². The number of quaternary nitrogens is 1. The summed E-state index contributed by atoms with van der Waals surface area (Å²) in [5, 5.41) is 9.04. The van der Waals surface area contributed by atoms with Gasteiger partial charge in [-0.05, 0) is 61.1 Å². The molecule has 4 rings (SSSR count). The zero-order chi connectivity index (χ0) is 19.6. The van der Waals surface area contributed by atoms with Crippen LogP contribution in [0.25, 0.3) is 0 Å². The number of rotatable bonds is 4. The molecule has 0 bridgehead atoms. The van der Waals surface area contributed by atoms with Crippen LogP contribution in [0, 0.1) is 11.3 Å². The summed E-state index contributed by atoms with van der Waals surface area (Å²) in [6, 6.07) is 15.5. The number of nitriles is 1. The number of fused-ring (bicyclic) bond motifs is 1. The number of hydrogen-bond acceptors (Lipinski definition) is 3. The van der Waals surface area contributed by atoms with E-state index in [1.54, 1.807) is 10.4 Å². The quantitative estimate of drug-likeness (QED) is 0.852. The summed E-state index contributed by atoms with van der Waals surface area (Å²) < 4.78 is 27.8. The van der Waals surface area contributed by atoms with Gasteiger partial charge in [-0.2, -0.15) is 9.57 Å². The maximum atomic E-state index is 13.1. The fourth-order valence-corrected chi connectivity index (χ4v) is 5.77. The summed E-state index contributed by atoms with van der Waals surface area (Å²) in [7, 11) is -3.43. The monoisotopic (exact) mass is 396 g/mol. The molecule has 2 aromatic rings. The molecule has 28 heavy (non-hydrogen) atoms. The summed E-state index contributed by atoms with van der Waals surface area (Å²) in [6.45, 7) is 3.45. The van der Waals surface area contributed by atoms with E-state index < -0.39 is 10.0 Å². The molecule has 2 aromatic carbocycles. The molecule has 146 valence electrons. The number of nitrogens with zero attached hydrogens (tertiary/aromatic N) is 2. The Morgan fingerprint density at radius 2 is 1.75 bits per heavy atom. The van der Waals surface area contributed by atoms with Crippen molar-refractivity contribution in [2.45, 2.75) is 37.1 Å². The molecule has 2 aliphatic rings. The molecule has 5 nitrogen and oxygen atoms in total. The van der Waals surface area contributed by atoms with Crippen LogP contribution in [0.15, 0.2) is 47.4 Å². The van der Waals surface area contributed by atoms with E-state index in [2.05, 4.69) is 6.07 Å². The van der Waals surface area contributed by atoms with Crippen molar-refractivity contribution in [2.24, 2.45) is 0 Å². The maximum absolute atomic E-state index is 13.1. The van der Waals surface area contributed by atoms with Crippen molar-refractivity contribution in [1.29, 1.82) is 5.26 Å². The van der Waals surface area contributed by atoms with E-state index in [9.17, 15) is 8.42 Å². The highest BCUT2D eigenvalue weighted by molar-refractivity contribution is 7.89. The molecule has 6 heteroatoms. The Hall–Kier alpha value is -2.20. The lowest BCUT2D eigenvalue weighted by Gasteiger charge is -2.31. The molecule has 0 unspecified atom stereocenters. The molecule has 1 aliphatic carbocycles. The van der Waals surface area contributed by atoms with Gasteiger partial charge in [-0.1, -0.05) is 18.2 Å². The van der Waals surface area contributed by atoms with Crippen LogP contribution in [0.2, 0.25) is 0 Å². The number of hydrogen-bond donors (Lipinski definition) is 1. The number of aryl methyl sites for hydroxylation is 2. The first-order chi connectivity index (χ1) is 13.6. The number of nitrogens with one attached hydrogen (secondary N) is 1. The fourth-order valence-electron chi connectivity index (χ4n) is 4.28. The van der Waals surface area contributed by atoms with Crippen molar-refractivity contribution in [3.05, 3.63) is 64.7 Å². The number of sulfonamides is 1. The summed E-state index contributed by atoms with van der Waals surface area (Å²) in [6.07, 6.45) is 4.38. The van der Waals surface area contributed by atoms with Gasteiger partial charge in [-0.15, -0.1) is 0 Å². The molecule has 0 atom stereocenters. The number of piperazine rings is 1. The smallest absolute Gasteiger partial charge is 0.243 e. The zero-order valence-corrected chi connectivity index (χ0v) is 16.8. The van der Waals surface area contributed by atoms with Crippen molar-refractivity contribution in [3.63, 3.8) is 0 Å². The largest absolute Gasteiger partial charge is 0.329 e. The van der Waals surface area contributed by atoms with Crippen LogP contribution in [0.3, 0.4) is 0 Å². The van der Waals surface area contributed by atoms with Gasteiger partial charge in [0.05, 0.1) is 42.7 Å². The summed E-state index contributed by atoms with van der Waals surface area (Å²) in [5.41, 5.74) is 4.30. The Morgan fingerprint density at radius 1 is 1.00 bits per heavy atom. The molecular weight excluding hydrogens is 370 g/mol. The van der Waals surface area contributed by atoms with E-state index in [0.717, 1.165) is 44.5 Å². The molecule has 0 aromatic heterocycles. The van der Waals surface area contributed by atoms with Gasteiger partial charge in [0.25, 0.3) is 0 Å². The van der Waals surface area contributed by atoms with E-state index >= 15 is 0 Å². The average Bonchev–Trinajstić information content (AvgIpc) is 2.74. The molecular formula is C22H26N3O2S+. The lowest BCUT2D eigenvalue weighted by Crippen LogP contribution is -3.13. The second-order valence-electron chi connectivity index (χ2n) is 7.78. The summed E-state index contributed by atoms with van der Waals surface area (Å²) in [4.78, 5) is 1.80. The molecule has 0 saturated carbocycles. The minimum Gasteiger partial charge on any atom is -0.329 e. The lowest BCUT2D eigenvalue weighted by atomic mass is 9.92. The highest BCUT2D eigenvalue weighted by Gasteiger charge is 2.31. The van der Waals surface area contributed by atoms with Gasteiger partial charge in [-0.3, -0.25) is 0 Å². The highest BCUT2D eigenvalue weighted by atomic mass is 32.2. The van der Waals surface area contributed by atoms with Crippen molar-refractivity contribution in [3.8, 4) is 6.07 Å². The van der Waals surface area contributed by atoms with Crippen LogP contribution in [0.5, 0.6) is 0 Å². The first kappa shape index (κ1) is 19.1. The lowest BCUT2D eigenvalue weighted by molar-refractivity contribution is -0.917. The average molecular weight is 397 g/mol. The molecule has 1 fully saturated rings. The second kappa shape index (κ2) is 8.04. The SMILES string of the molecule is N#Cc1cccc(C[NH+]2CCN(S(=O)(=O)c3ccc4c(c3)CCCC4)CC2)c1. The molecule has 0 spiro atoms. The van der Waals surface area contributed by atoms with Crippen LogP contribution in [0.1, 0.15) is 35.1 Å². The second-order valence-corrected chi connectivity index (χ2v) is 9.72. The minimum absolute atomic E-state index is 0.443. The van der Waals surface area contributed by atoms with Crippen molar-refractivity contribution < 1.29 is 13.3 Å². The molecule has 1 N–H and O–H groups in total. The standard InChI is InChI=1S/C22H25N3O2S/c23-16-18-4-3-5-19(14-18)17-24-10-12-25(13-11-24)28(26,27)22-9-8-20-6-1-2-7-21(20)15-22/h3-5,8-9,14-15H,1-2,6-7,10-13,17H2/p+1. The van der Waals surface area contributed by atoms with Gasteiger partial charge in [0.1, 0.15) is 6.54 Å². The van der Waals surface area contributed by atoms with Crippen LogP contribution in [-0.2, 0) is 29.4 Å². The number of benzene rings is 2. The Kier molecular flexibility index (Phi) is 5.49. The molecule has 1 heterocycles. The Morgan fingerprint density at radius 3 is 2.50 bits per heavy atom. The fraction of sp³-hybridized carbons (Fsp3) is 0.409. The third-order valence-corrected chi connectivity index (χ3v) is 7.79. The molecule has 0 amide bonds. The van der Waals surface area contributed by atoms with Gasteiger partial charge in [0.15, 0.2) is 0 Å². The molecule has 0 radical (unpaired) electrons. The third-order valence-electron chi connectivity index (χ3n) is 5.90. The van der Waals surface area contributed by atoms with E-state index in [-0.39, 0.29) is 0 Å². The van der Waals surface area contributed by atoms with Gasteiger partial charge in [0, 0.05) is 5.56 Å². The maximum Gasteiger partial charge on any atom is 0.243 e. The minimum atomic E-state index is -3.43. The molecule has 1 aliphatic heterocycles. The Labute approximate surface area is 167 Å². The first-order valence-corrected chi connectivity index (χ1v) is 11.4.